The zero-order chi connectivity index (χ0) is 41.0. The van der Waals surface area contributed by atoms with E-state index in [1.165, 1.54) is 16.5 Å². The van der Waals surface area contributed by atoms with Gasteiger partial charge in [-0.15, -0.1) is 0 Å². The van der Waals surface area contributed by atoms with Gasteiger partial charge in [-0.25, -0.2) is 4.98 Å². The molecule has 0 bridgehead atoms. The molecule has 5 nitrogen and oxygen atoms in total. The van der Waals surface area contributed by atoms with E-state index in [0.717, 1.165) is 77.3 Å². The summed E-state index contributed by atoms with van der Waals surface area (Å²) >= 11 is 0. The molecule has 12 rings (SSSR count). The molecule has 3 aromatic heterocycles. The first-order valence-electron chi connectivity index (χ1n) is 21.0. The highest BCUT2D eigenvalue weighted by molar-refractivity contribution is 6.23. The molecule has 0 aliphatic heterocycles. The van der Waals surface area contributed by atoms with Crippen molar-refractivity contribution in [3.8, 4) is 67.8 Å². The van der Waals surface area contributed by atoms with Crippen molar-refractivity contribution in [3.63, 3.8) is 0 Å². The lowest BCUT2D eigenvalue weighted by atomic mass is 9.99. The van der Waals surface area contributed by atoms with Crippen LogP contribution in [0.15, 0.2) is 224 Å². The molecule has 9 aromatic carbocycles. The number of para-hydroxylation sites is 2. The Labute approximate surface area is 358 Å². The van der Waals surface area contributed by atoms with Crippen molar-refractivity contribution in [1.82, 2.24) is 24.1 Å². The minimum absolute atomic E-state index is 0.554. The molecule has 0 aliphatic carbocycles. The van der Waals surface area contributed by atoms with Crippen molar-refractivity contribution in [1.29, 1.82) is 0 Å². The van der Waals surface area contributed by atoms with Crippen LogP contribution in [0.1, 0.15) is 0 Å². The maximum atomic E-state index is 5.44. The van der Waals surface area contributed by atoms with Gasteiger partial charge in [0.25, 0.3) is 0 Å². The molecule has 0 saturated carbocycles. The Morgan fingerprint density at radius 1 is 0.274 bits per heavy atom. The summed E-state index contributed by atoms with van der Waals surface area (Å²) in [7, 11) is 0. The highest BCUT2D eigenvalue weighted by Crippen LogP contribution is 2.42. The predicted octanol–water partition coefficient (Wildman–Crippen LogP) is 14.4. The lowest BCUT2D eigenvalue weighted by molar-refractivity contribution is 0.953. The molecule has 0 radical (unpaired) electrons. The predicted molar refractivity (Wildman–Crippen MR) is 256 cm³/mol. The topological polar surface area (TPSA) is 48.5 Å². The summed E-state index contributed by atoms with van der Waals surface area (Å²) in [6.07, 6.45) is 0. The number of nitrogens with zero attached hydrogens (tertiary/aromatic N) is 5. The van der Waals surface area contributed by atoms with Gasteiger partial charge in [0.05, 0.1) is 22.1 Å². The summed E-state index contributed by atoms with van der Waals surface area (Å²) in [4.78, 5) is 16.0. The van der Waals surface area contributed by atoms with Crippen molar-refractivity contribution in [2.75, 3.05) is 0 Å². The van der Waals surface area contributed by atoms with E-state index in [4.69, 9.17) is 15.0 Å². The Bertz CT molecular complexity index is 3620. The van der Waals surface area contributed by atoms with Gasteiger partial charge in [-0.2, -0.15) is 9.97 Å². The van der Waals surface area contributed by atoms with E-state index in [-0.39, 0.29) is 0 Å². The zero-order valence-electron chi connectivity index (χ0n) is 33.6. The third kappa shape index (κ3) is 5.90. The van der Waals surface area contributed by atoms with Gasteiger partial charge in [0.1, 0.15) is 0 Å². The first-order chi connectivity index (χ1) is 30.8. The van der Waals surface area contributed by atoms with Gasteiger partial charge >= 0.3 is 0 Å². The van der Waals surface area contributed by atoms with Crippen LogP contribution in [0, 0.1) is 0 Å². The highest BCUT2D eigenvalue weighted by atomic mass is 15.2. The second-order valence-electron chi connectivity index (χ2n) is 15.6. The second-order valence-corrected chi connectivity index (χ2v) is 15.6. The minimum Gasteiger partial charge on any atom is -0.307 e. The summed E-state index contributed by atoms with van der Waals surface area (Å²) < 4.78 is 4.69. The second kappa shape index (κ2) is 14.7. The lowest BCUT2D eigenvalue weighted by Crippen LogP contribution is -2.07. The van der Waals surface area contributed by atoms with Crippen LogP contribution in [-0.4, -0.2) is 24.1 Å². The van der Waals surface area contributed by atoms with Gasteiger partial charge in [-0.1, -0.05) is 194 Å². The fourth-order valence-corrected chi connectivity index (χ4v) is 9.16. The largest absolute Gasteiger partial charge is 0.307 e. The molecule has 0 amide bonds. The van der Waals surface area contributed by atoms with Gasteiger partial charge in [0.2, 0.25) is 5.95 Å². The van der Waals surface area contributed by atoms with E-state index in [0.29, 0.717) is 17.6 Å². The minimum atomic E-state index is 0.554. The highest BCUT2D eigenvalue weighted by Gasteiger charge is 2.24. The molecule has 0 fully saturated rings. The van der Waals surface area contributed by atoms with E-state index in [2.05, 4.69) is 209 Å². The van der Waals surface area contributed by atoms with Crippen LogP contribution in [0.4, 0.5) is 0 Å². The van der Waals surface area contributed by atoms with Crippen LogP contribution in [-0.2, 0) is 0 Å². The number of hydrogen-bond acceptors (Lipinski definition) is 3. The van der Waals surface area contributed by atoms with Gasteiger partial charge in [-0.3, -0.25) is 4.57 Å². The lowest BCUT2D eigenvalue weighted by Gasteiger charge is -2.15. The van der Waals surface area contributed by atoms with Crippen molar-refractivity contribution in [2.45, 2.75) is 0 Å². The van der Waals surface area contributed by atoms with E-state index in [9.17, 15) is 0 Å². The molecular formula is C57H37N5. The van der Waals surface area contributed by atoms with E-state index >= 15 is 0 Å². The number of aromatic nitrogens is 5. The van der Waals surface area contributed by atoms with Gasteiger partial charge in [0, 0.05) is 38.4 Å². The molecule has 3 heterocycles. The smallest absolute Gasteiger partial charge is 0.238 e. The van der Waals surface area contributed by atoms with Crippen molar-refractivity contribution in [2.24, 2.45) is 0 Å². The van der Waals surface area contributed by atoms with Crippen LogP contribution < -0.4 is 0 Å². The first kappa shape index (κ1) is 35.5. The third-order valence-electron chi connectivity index (χ3n) is 12.0. The summed E-state index contributed by atoms with van der Waals surface area (Å²) in [5.74, 6) is 1.77. The molecule has 0 atom stereocenters. The Balaban J connectivity index is 1.15. The van der Waals surface area contributed by atoms with Gasteiger partial charge in [-0.05, 0) is 63.7 Å². The molecule has 62 heavy (non-hydrogen) atoms. The van der Waals surface area contributed by atoms with Crippen molar-refractivity contribution < 1.29 is 0 Å². The number of benzene rings is 9. The van der Waals surface area contributed by atoms with E-state index in [1.54, 1.807) is 0 Å². The number of hydrogen-bond donors (Lipinski definition) is 0. The van der Waals surface area contributed by atoms with Crippen LogP contribution in [0.5, 0.6) is 0 Å². The molecule has 0 N–H and O–H groups in total. The molecule has 290 valence electrons. The van der Waals surface area contributed by atoms with Crippen LogP contribution >= 0.6 is 0 Å². The van der Waals surface area contributed by atoms with Gasteiger partial charge in [0.15, 0.2) is 11.6 Å². The Hall–Kier alpha value is -8.41. The van der Waals surface area contributed by atoms with Crippen molar-refractivity contribution in [3.05, 3.63) is 224 Å². The number of rotatable bonds is 7. The molecule has 0 aliphatic rings. The monoisotopic (exact) mass is 791 g/mol. The van der Waals surface area contributed by atoms with E-state index in [1.807, 2.05) is 24.3 Å². The normalized spacial score (nSPS) is 11.5. The molecule has 0 unspecified atom stereocenters. The molecular weight excluding hydrogens is 755 g/mol. The summed E-state index contributed by atoms with van der Waals surface area (Å²) in [6, 6.07) is 79.2. The molecule has 12 aromatic rings. The fraction of sp³-hybridized carbons (Fsp3) is 0. The standard InChI is InChI=1S/C57H37N5/c1-4-18-38(19-5-1)41-24-16-25-42(36-41)43-26-17-27-44(37-43)61-51-32-14-12-29-46(51)48-34-35-49-47-30-13-15-33-52(47)62(54(49)53(48)61)57-59-55(40-22-8-3-9-23-40)58-56(60-57)50-31-11-10-28-45(50)39-20-6-2-7-21-39/h1-37H. The third-order valence-corrected chi connectivity index (χ3v) is 12.0. The number of fused-ring (bicyclic) bond motifs is 7. The summed E-state index contributed by atoms with van der Waals surface area (Å²) in [6.45, 7) is 0. The summed E-state index contributed by atoms with van der Waals surface area (Å²) in [5.41, 5.74) is 14.0. The van der Waals surface area contributed by atoms with Crippen LogP contribution in [0.3, 0.4) is 0 Å². The van der Waals surface area contributed by atoms with Crippen LogP contribution in [0.2, 0.25) is 0 Å². The SMILES string of the molecule is c1ccc(-c2cccc(-c3cccc(-n4c5ccccc5c5ccc6c7ccccc7n(-c7nc(-c8ccccc8)nc(-c8ccccc8-c8ccccc8)n7)c6c54)c3)c2)cc1. The van der Waals surface area contributed by atoms with Gasteiger partial charge < -0.3 is 4.57 Å². The maximum Gasteiger partial charge on any atom is 0.238 e. The Morgan fingerprint density at radius 3 is 1.42 bits per heavy atom. The average Bonchev–Trinajstić information content (AvgIpc) is 3.88. The van der Waals surface area contributed by atoms with E-state index < -0.39 is 0 Å². The fourth-order valence-electron chi connectivity index (χ4n) is 9.16. The average molecular weight is 792 g/mol. The molecule has 5 heteroatoms. The van der Waals surface area contributed by atoms with Crippen molar-refractivity contribution >= 4 is 43.6 Å². The van der Waals surface area contributed by atoms with Crippen LogP contribution in [0.25, 0.3) is 111 Å². The molecule has 0 spiro atoms. The summed E-state index contributed by atoms with van der Waals surface area (Å²) in [5, 5.41) is 4.58. The zero-order valence-corrected chi connectivity index (χ0v) is 33.6. The maximum absolute atomic E-state index is 5.44. The first-order valence-corrected chi connectivity index (χ1v) is 21.0. The molecule has 0 saturated heterocycles. The quantitative estimate of drug-likeness (QED) is 0.162. The Morgan fingerprint density at radius 2 is 0.742 bits per heavy atom. The Kier molecular flexibility index (Phi) is 8.42.